The summed E-state index contributed by atoms with van der Waals surface area (Å²) in [6.45, 7) is 2.19. The number of nitrogen functional groups attached to an aromatic ring is 1. The van der Waals surface area contributed by atoms with Crippen LogP contribution in [0.25, 0.3) is 0 Å². The van der Waals surface area contributed by atoms with Crippen molar-refractivity contribution in [2.75, 3.05) is 17.2 Å². The van der Waals surface area contributed by atoms with Gasteiger partial charge in [-0.25, -0.2) is 8.42 Å². The minimum atomic E-state index is -3.08. The van der Waals surface area contributed by atoms with Crippen LogP contribution in [0.15, 0.2) is 23.1 Å². The second-order valence-electron chi connectivity index (χ2n) is 4.35. The highest BCUT2D eigenvalue weighted by atomic mass is 32.2. The number of aryl methyl sites for hydroxylation is 1. The Morgan fingerprint density at radius 3 is 2.61 bits per heavy atom. The van der Waals surface area contributed by atoms with Crippen LogP contribution in [0, 0.1) is 0 Å². The second-order valence-corrected chi connectivity index (χ2v) is 6.66. The SMILES string of the molecule is CCCCCS(=O)(=O)CCn1cc(N)ccc1=O. The summed E-state index contributed by atoms with van der Waals surface area (Å²) in [5.41, 5.74) is 5.78. The second kappa shape index (κ2) is 6.58. The summed E-state index contributed by atoms with van der Waals surface area (Å²) in [6, 6.07) is 2.85. The van der Waals surface area contributed by atoms with Gasteiger partial charge in [0.15, 0.2) is 9.84 Å². The molecule has 6 heteroatoms. The molecule has 102 valence electrons. The molecule has 1 aromatic heterocycles. The molecule has 2 N–H and O–H groups in total. The summed E-state index contributed by atoms with van der Waals surface area (Å²) in [5.74, 6) is 0.179. The van der Waals surface area contributed by atoms with Crippen LogP contribution >= 0.6 is 0 Å². The predicted molar refractivity (Wildman–Crippen MR) is 73.3 cm³/mol. The first-order chi connectivity index (χ1) is 8.44. The molecule has 0 aromatic carbocycles. The molecule has 0 radical (unpaired) electrons. The lowest BCUT2D eigenvalue weighted by atomic mass is 10.3. The first-order valence-corrected chi connectivity index (χ1v) is 7.93. The summed E-state index contributed by atoms with van der Waals surface area (Å²) in [6.07, 6.45) is 4.07. The number of pyridine rings is 1. The lowest BCUT2D eigenvalue weighted by Crippen LogP contribution is -2.24. The van der Waals surface area contributed by atoms with Gasteiger partial charge in [-0.15, -0.1) is 0 Å². The average molecular weight is 272 g/mol. The summed E-state index contributed by atoms with van der Waals surface area (Å²) in [4.78, 5) is 11.5. The molecule has 0 spiro atoms. The Labute approximate surface area is 108 Å². The molecule has 0 saturated carbocycles. The van der Waals surface area contributed by atoms with Crippen molar-refractivity contribution in [1.29, 1.82) is 0 Å². The fourth-order valence-electron chi connectivity index (χ4n) is 1.64. The summed E-state index contributed by atoms with van der Waals surface area (Å²) < 4.78 is 24.8. The average Bonchev–Trinajstić information content (AvgIpc) is 2.31. The number of anilines is 1. The summed E-state index contributed by atoms with van der Waals surface area (Å²) in [7, 11) is -3.08. The topological polar surface area (TPSA) is 82.2 Å². The molecular formula is C12H20N2O3S. The number of aromatic nitrogens is 1. The fourth-order valence-corrected chi connectivity index (χ4v) is 2.96. The minimum absolute atomic E-state index is 0.0138. The minimum Gasteiger partial charge on any atom is -0.398 e. The van der Waals surface area contributed by atoms with Gasteiger partial charge in [-0.05, 0) is 12.5 Å². The van der Waals surface area contributed by atoms with Crippen molar-refractivity contribution >= 4 is 15.5 Å². The highest BCUT2D eigenvalue weighted by Crippen LogP contribution is 2.02. The zero-order valence-corrected chi connectivity index (χ0v) is 11.4. The van der Waals surface area contributed by atoms with E-state index in [1.807, 2.05) is 6.92 Å². The Bertz CT molecular complexity index is 534. The van der Waals surface area contributed by atoms with Gasteiger partial charge in [0.05, 0.1) is 11.5 Å². The molecule has 0 aliphatic carbocycles. The van der Waals surface area contributed by atoms with Crippen LogP contribution in [0.4, 0.5) is 5.69 Å². The Morgan fingerprint density at radius 1 is 1.22 bits per heavy atom. The van der Waals surface area contributed by atoms with Gasteiger partial charge in [0.1, 0.15) is 0 Å². The van der Waals surface area contributed by atoms with Gasteiger partial charge in [-0.1, -0.05) is 19.8 Å². The monoisotopic (exact) mass is 272 g/mol. The van der Waals surface area contributed by atoms with E-state index in [2.05, 4.69) is 0 Å². The number of nitrogens with zero attached hydrogens (tertiary/aromatic N) is 1. The van der Waals surface area contributed by atoms with Gasteiger partial charge in [0.25, 0.3) is 5.56 Å². The highest BCUT2D eigenvalue weighted by molar-refractivity contribution is 7.91. The van der Waals surface area contributed by atoms with E-state index in [0.717, 1.165) is 12.8 Å². The first-order valence-electron chi connectivity index (χ1n) is 6.11. The smallest absolute Gasteiger partial charge is 0.250 e. The zero-order chi connectivity index (χ0) is 13.6. The maximum absolute atomic E-state index is 11.7. The van der Waals surface area contributed by atoms with Crippen molar-refractivity contribution in [3.05, 3.63) is 28.7 Å². The molecule has 0 aliphatic rings. The molecule has 0 atom stereocenters. The number of nitrogens with two attached hydrogens (primary N) is 1. The van der Waals surface area contributed by atoms with Crippen LogP contribution in [0.1, 0.15) is 26.2 Å². The Kier molecular flexibility index (Phi) is 5.40. The summed E-state index contributed by atoms with van der Waals surface area (Å²) >= 11 is 0. The van der Waals surface area contributed by atoms with Crippen LogP contribution in [0.5, 0.6) is 0 Å². The molecule has 0 fully saturated rings. The maximum atomic E-state index is 11.7. The number of hydrogen-bond acceptors (Lipinski definition) is 4. The van der Waals surface area contributed by atoms with Gasteiger partial charge < -0.3 is 10.3 Å². The van der Waals surface area contributed by atoms with E-state index in [4.69, 9.17) is 5.73 Å². The third kappa shape index (κ3) is 4.91. The van der Waals surface area contributed by atoms with Crippen LogP contribution < -0.4 is 11.3 Å². The first kappa shape index (κ1) is 14.8. The van der Waals surface area contributed by atoms with Gasteiger partial charge in [-0.3, -0.25) is 4.79 Å². The molecule has 0 unspecified atom stereocenters. The van der Waals surface area contributed by atoms with Crippen molar-refractivity contribution in [1.82, 2.24) is 4.57 Å². The number of unbranched alkanes of at least 4 members (excludes halogenated alkanes) is 2. The maximum Gasteiger partial charge on any atom is 0.250 e. The Morgan fingerprint density at radius 2 is 1.94 bits per heavy atom. The third-order valence-electron chi connectivity index (χ3n) is 2.71. The normalized spacial score (nSPS) is 11.6. The van der Waals surface area contributed by atoms with E-state index in [0.29, 0.717) is 12.1 Å². The molecule has 0 bridgehead atoms. The Balaban J connectivity index is 2.59. The molecule has 1 heterocycles. The molecule has 1 aromatic rings. The molecule has 1 rings (SSSR count). The van der Waals surface area contributed by atoms with E-state index in [9.17, 15) is 13.2 Å². The third-order valence-corrected chi connectivity index (χ3v) is 4.42. The molecule has 0 saturated heterocycles. The molecule has 18 heavy (non-hydrogen) atoms. The van der Waals surface area contributed by atoms with Crippen LogP contribution in [-0.2, 0) is 16.4 Å². The van der Waals surface area contributed by atoms with Gasteiger partial charge >= 0.3 is 0 Å². The van der Waals surface area contributed by atoms with E-state index >= 15 is 0 Å². The van der Waals surface area contributed by atoms with Crippen molar-refractivity contribution in [2.24, 2.45) is 0 Å². The van der Waals surface area contributed by atoms with Crippen molar-refractivity contribution in [3.8, 4) is 0 Å². The highest BCUT2D eigenvalue weighted by Gasteiger charge is 2.10. The van der Waals surface area contributed by atoms with Gasteiger partial charge in [0.2, 0.25) is 0 Å². The lowest BCUT2D eigenvalue weighted by molar-refractivity contribution is 0.582. The van der Waals surface area contributed by atoms with Crippen molar-refractivity contribution < 1.29 is 8.42 Å². The predicted octanol–water partition coefficient (Wildman–Crippen LogP) is 1.04. The fraction of sp³-hybridized carbons (Fsp3) is 0.583. The van der Waals surface area contributed by atoms with E-state index in [-0.39, 0.29) is 23.6 Å². The van der Waals surface area contributed by atoms with Crippen molar-refractivity contribution in [3.63, 3.8) is 0 Å². The summed E-state index contributed by atoms with van der Waals surface area (Å²) in [5, 5.41) is 0. The largest absolute Gasteiger partial charge is 0.398 e. The van der Waals surface area contributed by atoms with E-state index < -0.39 is 9.84 Å². The van der Waals surface area contributed by atoms with Gasteiger partial charge in [-0.2, -0.15) is 0 Å². The van der Waals surface area contributed by atoms with E-state index in [1.165, 1.54) is 22.9 Å². The van der Waals surface area contributed by atoms with Gasteiger partial charge in [0, 0.05) is 24.5 Å². The quantitative estimate of drug-likeness (QED) is 0.752. The number of rotatable bonds is 7. The number of sulfone groups is 1. The standard InChI is InChI=1S/C12H20N2O3S/c1-2-3-4-8-18(16,17)9-7-14-10-11(13)5-6-12(14)15/h5-6,10H,2-4,7-9,13H2,1H3. The van der Waals surface area contributed by atoms with Crippen LogP contribution in [0.2, 0.25) is 0 Å². The molecule has 5 nitrogen and oxygen atoms in total. The molecular weight excluding hydrogens is 252 g/mol. The number of hydrogen-bond donors (Lipinski definition) is 1. The van der Waals surface area contributed by atoms with E-state index in [1.54, 1.807) is 0 Å². The zero-order valence-electron chi connectivity index (χ0n) is 10.6. The van der Waals surface area contributed by atoms with Crippen LogP contribution in [0.3, 0.4) is 0 Å². The Hall–Kier alpha value is -1.30. The van der Waals surface area contributed by atoms with Crippen molar-refractivity contribution in [2.45, 2.75) is 32.7 Å². The van der Waals surface area contributed by atoms with Crippen LogP contribution in [-0.4, -0.2) is 24.5 Å². The molecule has 0 amide bonds. The lowest BCUT2D eigenvalue weighted by Gasteiger charge is -2.07. The molecule has 0 aliphatic heterocycles.